The highest BCUT2D eigenvalue weighted by Crippen LogP contribution is 2.27. The maximum atomic E-state index is 11.4. The molecular formula is C13H19ClN2O3. The smallest absolute Gasteiger partial charge is 0.308 e. The zero-order valence-electron chi connectivity index (χ0n) is 11.3. The van der Waals surface area contributed by atoms with Crippen molar-refractivity contribution in [3.8, 4) is 0 Å². The first kappa shape index (κ1) is 14.3. The molecule has 1 saturated carbocycles. The lowest BCUT2D eigenvalue weighted by Gasteiger charge is -2.26. The summed E-state index contributed by atoms with van der Waals surface area (Å²) in [6.45, 7) is 0.455. The Kier molecular flexibility index (Phi) is 4.82. The molecule has 1 aromatic heterocycles. The van der Waals surface area contributed by atoms with Gasteiger partial charge in [-0.3, -0.25) is 4.79 Å². The number of imidazole rings is 1. The number of hydrogen-bond acceptors (Lipinski definition) is 4. The van der Waals surface area contributed by atoms with Crippen molar-refractivity contribution in [1.29, 1.82) is 0 Å². The quantitative estimate of drug-likeness (QED) is 0.797. The molecule has 1 aliphatic carbocycles. The number of ether oxygens (including phenoxy) is 2. The molecule has 0 bridgehead atoms. The molecule has 0 spiro atoms. The van der Waals surface area contributed by atoms with Gasteiger partial charge in [0.15, 0.2) is 0 Å². The fourth-order valence-electron chi connectivity index (χ4n) is 2.38. The van der Waals surface area contributed by atoms with Gasteiger partial charge in [0.2, 0.25) is 0 Å². The van der Waals surface area contributed by atoms with E-state index in [0.29, 0.717) is 11.8 Å². The summed E-state index contributed by atoms with van der Waals surface area (Å²) in [6.07, 6.45) is 5.25. The fraction of sp³-hybridized carbons (Fsp3) is 0.692. The Hall–Kier alpha value is -1.07. The molecule has 0 amide bonds. The van der Waals surface area contributed by atoms with Gasteiger partial charge in [-0.05, 0) is 25.7 Å². The third-order valence-corrected chi connectivity index (χ3v) is 4.04. The van der Waals surface area contributed by atoms with Crippen LogP contribution in [0.2, 0.25) is 5.15 Å². The van der Waals surface area contributed by atoms with Crippen molar-refractivity contribution >= 4 is 17.6 Å². The molecule has 106 valence electrons. The Morgan fingerprint density at radius 2 is 2.16 bits per heavy atom. The second-order valence-corrected chi connectivity index (χ2v) is 5.25. The number of nitrogens with zero attached hydrogens (tertiary/aromatic N) is 2. The van der Waals surface area contributed by atoms with E-state index < -0.39 is 0 Å². The van der Waals surface area contributed by atoms with Crippen LogP contribution in [0.1, 0.15) is 31.5 Å². The van der Waals surface area contributed by atoms with Gasteiger partial charge in [-0.1, -0.05) is 11.6 Å². The number of methoxy groups -OCH3 is 1. The molecule has 0 atom stereocenters. The van der Waals surface area contributed by atoms with E-state index in [9.17, 15) is 4.79 Å². The van der Waals surface area contributed by atoms with Crippen LogP contribution < -0.4 is 0 Å². The highest BCUT2D eigenvalue weighted by atomic mass is 35.5. The zero-order chi connectivity index (χ0) is 13.8. The largest absolute Gasteiger partial charge is 0.469 e. The Labute approximate surface area is 117 Å². The van der Waals surface area contributed by atoms with E-state index >= 15 is 0 Å². The van der Waals surface area contributed by atoms with Gasteiger partial charge in [-0.15, -0.1) is 0 Å². The van der Waals surface area contributed by atoms with E-state index in [2.05, 4.69) is 4.98 Å². The Morgan fingerprint density at radius 3 is 2.68 bits per heavy atom. The molecule has 0 N–H and O–H groups in total. The third kappa shape index (κ3) is 3.48. The van der Waals surface area contributed by atoms with Crippen molar-refractivity contribution in [2.24, 2.45) is 13.0 Å². The van der Waals surface area contributed by atoms with Gasteiger partial charge in [0.25, 0.3) is 0 Å². The SMILES string of the molecule is COC(=O)C1CCC(OCc2ncc(Cl)n2C)CC1. The Balaban J connectivity index is 1.77. The third-order valence-electron chi connectivity index (χ3n) is 3.68. The van der Waals surface area contributed by atoms with Crippen LogP contribution in [0.3, 0.4) is 0 Å². The van der Waals surface area contributed by atoms with E-state index in [-0.39, 0.29) is 18.0 Å². The van der Waals surface area contributed by atoms with Crippen molar-refractivity contribution in [1.82, 2.24) is 9.55 Å². The van der Waals surface area contributed by atoms with Crippen molar-refractivity contribution in [3.63, 3.8) is 0 Å². The lowest BCUT2D eigenvalue weighted by Crippen LogP contribution is -2.27. The lowest BCUT2D eigenvalue weighted by atomic mass is 9.87. The van der Waals surface area contributed by atoms with E-state index in [4.69, 9.17) is 21.1 Å². The highest BCUT2D eigenvalue weighted by Gasteiger charge is 2.27. The van der Waals surface area contributed by atoms with Gasteiger partial charge in [0.1, 0.15) is 17.6 Å². The molecule has 0 aliphatic heterocycles. The van der Waals surface area contributed by atoms with Crippen LogP contribution in [0.5, 0.6) is 0 Å². The second kappa shape index (κ2) is 6.39. The molecule has 1 fully saturated rings. The van der Waals surface area contributed by atoms with Crippen LogP contribution in [0.15, 0.2) is 6.20 Å². The minimum Gasteiger partial charge on any atom is -0.469 e. The molecule has 0 saturated heterocycles. The van der Waals surface area contributed by atoms with Crippen molar-refractivity contribution in [3.05, 3.63) is 17.2 Å². The summed E-state index contributed by atoms with van der Waals surface area (Å²) in [5.74, 6) is 0.752. The van der Waals surface area contributed by atoms with Crippen LogP contribution >= 0.6 is 11.6 Å². The molecule has 2 rings (SSSR count). The number of hydrogen-bond donors (Lipinski definition) is 0. The number of aromatic nitrogens is 2. The number of carbonyl (C=O) groups excluding carboxylic acids is 1. The molecule has 6 heteroatoms. The van der Waals surface area contributed by atoms with Crippen molar-refractivity contribution in [2.75, 3.05) is 7.11 Å². The first-order valence-electron chi connectivity index (χ1n) is 6.47. The summed E-state index contributed by atoms with van der Waals surface area (Å²) in [5.41, 5.74) is 0. The van der Waals surface area contributed by atoms with Crippen LogP contribution in [-0.4, -0.2) is 28.7 Å². The summed E-state index contributed by atoms with van der Waals surface area (Å²) in [7, 11) is 3.30. The predicted molar refractivity (Wildman–Crippen MR) is 70.8 cm³/mol. The van der Waals surface area contributed by atoms with Crippen LogP contribution in [0.25, 0.3) is 0 Å². The summed E-state index contributed by atoms with van der Waals surface area (Å²) >= 11 is 5.91. The summed E-state index contributed by atoms with van der Waals surface area (Å²) < 4.78 is 12.4. The number of esters is 1. The Bertz CT molecular complexity index is 439. The van der Waals surface area contributed by atoms with Crippen LogP contribution in [0.4, 0.5) is 0 Å². The fourth-order valence-corrected chi connectivity index (χ4v) is 2.53. The molecule has 19 heavy (non-hydrogen) atoms. The molecule has 0 unspecified atom stereocenters. The summed E-state index contributed by atoms with van der Waals surface area (Å²) in [6, 6.07) is 0. The van der Waals surface area contributed by atoms with Crippen LogP contribution in [0, 0.1) is 5.92 Å². The molecular weight excluding hydrogens is 268 g/mol. The number of rotatable bonds is 4. The number of halogens is 1. The van der Waals surface area contributed by atoms with E-state index in [1.54, 1.807) is 6.20 Å². The van der Waals surface area contributed by atoms with Crippen LogP contribution in [-0.2, 0) is 27.9 Å². The normalized spacial score (nSPS) is 23.3. The minimum atomic E-state index is -0.102. The molecule has 0 radical (unpaired) electrons. The summed E-state index contributed by atoms with van der Waals surface area (Å²) in [5, 5.41) is 0.605. The molecule has 1 aliphatic rings. The zero-order valence-corrected chi connectivity index (χ0v) is 12.0. The first-order chi connectivity index (χ1) is 9.11. The standard InChI is InChI=1S/C13H19ClN2O3/c1-16-11(14)7-15-12(16)8-19-10-5-3-9(4-6-10)13(17)18-2/h7,9-10H,3-6,8H2,1-2H3. The van der Waals surface area contributed by atoms with Gasteiger partial charge >= 0.3 is 5.97 Å². The molecule has 1 heterocycles. The van der Waals surface area contributed by atoms with E-state index in [1.807, 2.05) is 11.6 Å². The number of carbonyl (C=O) groups is 1. The first-order valence-corrected chi connectivity index (χ1v) is 6.85. The minimum absolute atomic E-state index is 0.0347. The lowest BCUT2D eigenvalue weighted by molar-refractivity contribution is -0.147. The second-order valence-electron chi connectivity index (χ2n) is 4.86. The summed E-state index contributed by atoms with van der Waals surface area (Å²) in [4.78, 5) is 15.6. The molecule has 1 aromatic rings. The van der Waals surface area contributed by atoms with E-state index in [1.165, 1.54) is 7.11 Å². The van der Waals surface area contributed by atoms with Gasteiger partial charge in [0, 0.05) is 7.05 Å². The van der Waals surface area contributed by atoms with Gasteiger partial charge < -0.3 is 14.0 Å². The highest BCUT2D eigenvalue weighted by molar-refractivity contribution is 6.29. The average molecular weight is 287 g/mol. The Morgan fingerprint density at radius 1 is 1.47 bits per heavy atom. The van der Waals surface area contributed by atoms with Gasteiger partial charge in [-0.25, -0.2) is 4.98 Å². The monoisotopic (exact) mass is 286 g/mol. The van der Waals surface area contributed by atoms with Crippen molar-refractivity contribution < 1.29 is 14.3 Å². The molecule has 5 nitrogen and oxygen atoms in total. The van der Waals surface area contributed by atoms with E-state index in [0.717, 1.165) is 31.5 Å². The maximum absolute atomic E-state index is 11.4. The topological polar surface area (TPSA) is 53.4 Å². The maximum Gasteiger partial charge on any atom is 0.308 e. The average Bonchev–Trinajstić information content (AvgIpc) is 2.76. The van der Waals surface area contributed by atoms with Gasteiger partial charge in [0.05, 0.1) is 25.3 Å². The van der Waals surface area contributed by atoms with Gasteiger partial charge in [-0.2, -0.15) is 0 Å². The molecule has 0 aromatic carbocycles. The predicted octanol–water partition coefficient (Wildman–Crippen LogP) is 2.32. The van der Waals surface area contributed by atoms with Crippen molar-refractivity contribution in [2.45, 2.75) is 38.4 Å².